The Bertz CT molecular complexity index is 1080. The van der Waals surface area contributed by atoms with Crippen molar-refractivity contribution in [1.82, 2.24) is 14.9 Å². The van der Waals surface area contributed by atoms with Crippen molar-refractivity contribution >= 4 is 27.7 Å². The lowest BCUT2D eigenvalue weighted by Gasteiger charge is -2.26. The van der Waals surface area contributed by atoms with Crippen LogP contribution in [0.5, 0.6) is 0 Å². The van der Waals surface area contributed by atoms with Crippen LogP contribution in [0.2, 0.25) is 0 Å². The molecule has 0 radical (unpaired) electrons. The van der Waals surface area contributed by atoms with Crippen molar-refractivity contribution in [2.75, 3.05) is 0 Å². The predicted octanol–water partition coefficient (Wildman–Crippen LogP) is 4.39. The first-order valence-corrected chi connectivity index (χ1v) is 8.79. The quantitative estimate of drug-likeness (QED) is 0.575. The summed E-state index contributed by atoms with van der Waals surface area (Å²) in [6.45, 7) is 0. The van der Waals surface area contributed by atoms with Gasteiger partial charge in [0, 0.05) is 28.5 Å². The number of benzene rings is 2. The third-order valence-electron chi connectivity index (χ3n) is 5.19. The summed E-state index contributed by atoms with van der Waals surface area (Å²) >= 11 is 0. The van der Waals surface area contributed by atoms with E-state index >= 15 is 0 Å². The first kappa shape index (κ1) is 14.3. The SMILES string of the molecule is O=C(NC1CCC1)c1cc2ccccc2n1-c1c[nH]c2ccccc12. The number of nitrogens with one attached hydrogen (secondary N) is 2. The molecule has 0 aliphatic heterocycles. The van der Waals surface area contributed by atoms with Gasteiger partial charge < -0.3 is 14.9 Å². The van der Waals surface area contributed by atoms with Gasteiger partial charge in [0.1, 0.15) is 5.69 Å². The third kappa shape index (κ3) is 2.25. The molecule has 2 heterocycles. The van der Waals surface area contributed by atoms with Crippen LogP contribution >= 0.6 is 0 Å². The molecule has 0 spiro atoms. The van der Waals surface area contributed by atoms with E-state index < -0.39 is 0 Å². The molecule has 2 aromatic heterocycles. The summed E-state index contributed by atoms with van der Waals surface area (Å²) in [7, 11) is 0. The summed E-state index contributed by atoms with van der Waals surface area (Å²) in [5, 5.41) is 5.36. The van der Waals surface area contributed by atoms with Gasteiger partial charge in [-0.25, -0.2) is 0 Å². The number of hydrogen-bond acceptors (Lipinski definition) is 1. The molecule has 1 aliphatic carbocycles. The van der Waals surface area contributed by atoms with Crippen molar-refractivity contribution in [2.24, 2.45) is 0 Å². The first-order valence-electron chi connectivity index (χ1n) is 8.79. The molecule has 0 atom stereocenters. The predicted molar refractivity (Wildman–Crippen MR) is 100 cm³/mol. The second-order valence-corrected chi connectivity index (χ2v) is 6.74. The maximum absolute atomic E-state index is 12.9. The summed E-state index contributed by atoms with van der Waals surface area (Å²) in [6.07, 6.45) is 5.35. The van der Waals surface area contributed by atoms with Crippen LogP contribution in [0.3, 0.4) is 0 Å². The van der Waals surface area contributed by atoms with Crippen LogP contribution in [-0.4, -0.2) is 21.5 Å². The Morgan fingerprint density at radius 2 is 1.88 bits per heavy atom. The van der Waals surface area contributed by atoms with Crippen LogP contribution in [0.25, 0.3) is 27.5 Å². The lowest BCUT2D eigenvalue weighted by molar-refractivity contribution is 0.0910. The van der Waals surface area contributed by atoms with Gasteiger partial charge in [-0.15, -0.1) is 0 Å². The summed E-state index contributed by atoms with van der Waals surface area (Å²) in [5.74, 6) is 0.00572. The number of aromatic nitrogens is 2. The number of H-pyrrole nitrogens is 1. The normalized spacial score (nSPS) is 14.7. The summed E-state index contributed by atoms with van der Waals surface area (Å²) in [5.41, 5.74) is 3.82. The van der Waals surface area contributed by atoms with Crippen LogP contribution in [0.1, 0.15) is 29.8 Å². The molecule has 0 saturated heterocycles. The van der Waals surface area contributed by atoms with Crippen molar-refractivity contribution < 1.29 is 4.79 Å². The van der Waals surface area contributed by atoms with E-state index in [4.69, 9.17) is 0 Å². The van der Waals surface area contributed by atoms with E-state index in [2.05, 4.69) is 39.1 Å². The standard InChI is InChI=1S/C21H19N3O/c25-21(23-15-7-5-8-15)19-12-14-6-1-4-11-18(14)24(19)20-13-22-17-10-3-2-9-16(17)20/h1-4,6,9-13,15,22H,5,7-8H2,(H,23,25). The highest BCUT2D eigenvalue weighted by molar-refractivity contribution is 6.02. The van der Waals surface area contributed by atoms with Gasteiger partial charge >= 0.3 is 0 Å². The van der Waals surface area contributed by atoms with Gasteiger partial charge in [0.2, 0.25) is 0 Å². The van der Waals surface area contributed by atoms with Gasteiger partial charge in [0.25, 0.3) is 5.91 Å². The van der Waals surface area contributed by atoms with Gasteiger partial charge in [-0.3, -0.25) is 4.79 Å². The molecular formula is C21H19N3O. The molecule has 2 aromatic carbocycles. The van der Waals surface area contributed by atoms with Gasteiger partial charge in [-0.1, -0.05) is 36.4 Å². The fraction of sp³-hybridized carbons (Fsp3) is 0.190. The Hall–Kier alpha value is -3.01. The van der Waals surface area contributed by atoms with Gasteiger partial charge in [0.05, 0.1) is 11.2 Å². The Morgan fingerprint density at radius 1 is 1.08 bits per heavy atom. The number of hydrogen-bond donors (Lipinski definition) is 2. The maximum atomic E-state index is 12.9. The van der Waals surface area contributed by atoms with E-state index in [9.17, 15) is 4.79 Å². The summed E-state index contributed by atoms with van der Waals surface area (Å²) in [4.78, 5) is 16.2. The molecule has 4 nitrogen and oxygen atoms in total. The number of rotatable bonds is 3. The second-order valence-electron chi connectivity index (χ2n) is 6.74. The van der Waals surface area contributed by atoms with Crippen LogP contribution < -0.4 is 5.32 Å². The zero-order chi connectivity index (χ0) is 16.8. The van der Waals surface area contributed by atoms with E-state index in [0.717, 1.165) is 40.3 Å². The molecule has 1 saturated carbocycles. The molecule has 4 aromatic rings. The Balaban J connectivity index is 1.72. The van der Waals surface area contributed by atoms with Crippen LogP contribution in [0.4, 0.5) is 0 Å². The second kappa shape index (κ2) is 5.52. The van der Waals surface area contributed by atoms with Gasteiger partial charge in [-0.05, 0) is 37.5 Å². The minimum atomic E-state index is 0.00572. The topological polar surface area (TPSA) is 49.8 Å². The van der Waals surface area contributed by atoms with E-state index in [1.54, 1.807) is 0 Å². The molecule has 1 amide bonds. The Morgan fingerprint density at radius 3 is 2.72 bits per heavy atom. The molecule has 124 valence electrons. The molecule has 25 heavy (non-hydrogen) atoms. The monoisotopic (exact) mass is 329 g/mol. The minimum absolute atomic E-state index is 0.00572. The smallest absolute Gasteiger partial charge is 0.268 e. The van der Waals surface area contributed by atoms with Crippen molar-refractivity contribution in [3.63, 3.8) is 0 Å². The molecule has 5 rings (SSSR count). The molecular weight excluding hydrogens is 310 g/mol. The number of nitrogens with zero attached hydrogens (tertiary/aromatic N) is 1. The van der Waals surface area contributed by atoms with E-state index in [-0.39, 0.29) is 5.91 Å². The van der Waals surface area contributed by atoms with E-state index in [1.165, 1.54) is 6.42 Å². The maximum Gasteiger partial charge on any atom is 0.268 e. The van der Waals surface area contributed by atoms with E-state index in [1.807, 2.05) is 36.5 Å². The highest BCUT2D eigenvalue weighted by Gasteiger charge is 2.24. The number of amides is 1. The first-order chi connectivity index (χ1) is 12.3. The average Bonchev–Trinajstić information content (AvgIpc) is 3.18. The fourth-order valence-corrected chi connectivity index (χ4v) is 3.63. The summed E-state index contributed by atoms with van der Waals surface area (Å²) in [6, 6.07) is 18.6. The van der Waals surface area contributed by atoms with E-state index in [0.29, 0.717) is 11.7 Å². The molecule has 1 aliphatic rings. The molecule has 1 fully saturated rings. The zero-order valence-corrected chi connectivity index (χ0v) is 13.8. The third-order valence-corrected chi connectivity index (χ3v) is 5.19. The van der Waals surface area contributed by atoms with Crippen molar-refractivity contribution in [2.45, 2.75) is 25.3 Å². The van der Waals surface area contributed by atoms with Crippen molar-refractivity contribution in [1.29, 1.82) is 0 Å². The summed E-state index contributed by atoms with van der Waals surface area (Å²) < 4.78 is 2.07. The van der Waals surface area contributed by atoms with Crippen LogP contribution in [0.15, 0.2) is 60.8 Å². The van der Waals surface area contributed by atoms with Crippen molar-refractivity contribution in [3.05, 3.63) is 66.5 Å². The van der Waals surface area contributed by atoms with Gasteiger partial charge in [-0.2, -0.15) is 0 Å². The Labute approximate surface area is 145 Å². The van der Waals surface area contributed by atoms with Crippen LogP contribution in [0, 0.1) is 0 Å². The average molecular weight is 329 g/mol. The zero-order valence-electron chi connectivity index (χ0n) is 13.8. The largest absolute Gasteiger partial charge is 0.359 e. The molecule has 4 heteroatoms. The van der Waals surface area contributed by atoms with Crippen molar-refractivity contribution in [3.8, 4) is 5.69 Å². The molecule has 0 unspecified atom stereocenters. The highest BCUT2D eigenvalue weighted by Crippen LogP contribution is 2.30. The number of para-hydroxylation sites is 2. The lowest BCUT2D eigenvalue weighted by Crippen LogP contribution is -2.40. The number of carbonyl (C=O) groups is 1. The molecule has 0 bridgehead atoms. The highest BCUT2D eigenvalue weighted by atomic mass is 16.2. The number of aromatic amines is 1. The van der Waals surface area contributed by atoms with Crippen LogP contribution in [-0.2, 0) is 0 Å². The minimum Gasteiger partial charge on any atom is -0.359 e. The number of carbonyl (C=O) groups excluding carboxylic acids is 1. The fourth-order valence-electron chi connectivity index (χ4n) is 3.63. The Kier molecular flexibility index (Phi) is 3.17. The lowest BCUT2D eigenvalue weighted by atomic mass is 9.93. The molecule has 2 N–H and O–H groups in total. The van der Waals surface area contributed by atoms with Gasteiger partial charge in [0.15, 0.2) is 0 Å². The number of fused-ring (bicyclic) bond motifs is 2.